The molecule has 5 rings (SSSR count). The minimum atomic E-state index is 0.395. The number of aromatic nitrogens is 2. The smallest absolute Gasteiger partial charge is 0.156 e. The van der Waals surface area contributed by atoms with Crippen LogP contribution in [0.25, 0.3) is 44.2 Å². The highest BCUT2D eigenvalue weighted by atomic mass is 35.5. The Kier molecular flexibility index (Phi) is 2.84. The van der Waals surface area contributed by atoms with Crippen molar-refractivity contribution in [3.63, 3.8) is 0 Å². The van der Waals surface area contributed by atoms with Crippen molar-refractivity contribution < 1.29 is 4.42 Å². The fourth-order valence-electron chi connectivity index (χ4n) is 3.09. The van der Waals surface area contributed by atoms with Gasteiger partial charge in [0.2, 0.25) is 0 Å². The van der Waals surface area contributed by atoms with E-state index in [1.807, 2.05) is 66.7 Å². The van der Waals surface area contributed by atoms with E-state index in [-0.39, 0.29) is 0 Å². The van der Waals surface area contributed by atoms with Crippen molar-refractivity contribution in [2.75, 3.05) is 0 Å². The van der Waals surface area contributed by atoms with Crippen LogP contribution >= 0.6 is 11.6 Å². The molecule has 0 aliphatic carbocycles. The Bertz CT molecular complexity index is 1210. The zero-order valence-corrected chi connectivity index (χ0v) is 13.3. The third kappa shape index (κ3) is 1.92. The molecule has 0 bridgehead atoms. The molecular formula is C20H11ClN2O. The van der Waals surface area contributed by atoms with Gasteiger partial charge in [-0.3, -0.25) is 0 Å². The van der Waals surface area contributed by atoms with Crippen molar-refractivity contribution in [3.05, 3.63) is 71.9 Å². The van der Waals surface area contributed by atoms with Gasteiger partial charge in [-0.15, -0.1) is 0 Å². The van der Waals surface area contributed by atoms with Crippen LogP contribution in [0.5, 0.6) is 0 Å². The van der Waals surface area contributed by atoms with Crippen molar-refractivity contribution in [2.45, 2.75) is 0 Å². The predicted octanol–water partition coefficient (Wildman–Crippen LogP) is 5.85. The van der Waals surface area contributed by atoms with Crippen molar-refractivity contribution in [1.82, 2.24) is 9.97 Å². The number of hydrogen-bond acceptors (Lipinski definition) is 3. The topological polar surface area (TPSA) is 38.9 Å². The number of halogens is 1. The quantitative estimate of drug-likeness (QED) is 0.387. The first-order valence-corrected chi connectivity index (χ1v) is 8.02. The van der Waals surface area contributed by atoms with E-state index in [1.54, 1.807) is 0 Å². The monoisotopic (exact) mass is 330 g/mol. The van der Waals surface area contributed by atoms with E-state index in [1.165, 1.54) is 0 Å². The van der Waals surface area contributed by atoms with Gasteiger partial charge >= 0.3 is 0 Å². The fraction of sp³-hybridized carbons (Fsp3) is 0. The number of nitrogens with zero attached hydrogens (tertiary/aromatic N) is 2. The van der Waals surface area contributed by atoms with Gasteiger partial charge in [0.15, 0.2) is 5.15 Å². The molecular weight excluding hydrogens is 320 g/mol. The molecule has 0 spiro atoms. The number of hydrogen-bond donors (Lipinski definition) is 0. The number of para-hydroxylation sites is 1. The second kappa shape index (κ2) is 5.05. The molecule has 0 radical (unpaired) electrons. The zero-order valence-electron chi connectivity index (χ0n) is 12.5. The summed E-state index contributed by atoms with van der Waals surface area (Å²) in [6, 6.07) is 21.6. The second-order valence-corrected chi connectivity index (χ2v) is 5.99. The van der Waals surface area contributed by atoms with E-state index in [9.17, 15) is 0 Å². The summed E-state index contributed by atoms with van der Waals surface area (Å²) in [6.07, 6.45) is 0. The van der Waals surface area contributed by atoms with Crippen LogP contribution in [-0.2, 0) is 0 Å². The first-order valence-electron chi connectivity index (χ1n) is 7.64. The van der Waals surface area contributed by atoms with Gasteiger partial charge in [-0.2, -0.15) is 0 Å². The molecule has 114 valence electrons. The van der Waals surface area contributed by atoms with E-state index in [2.05, 4.69) is 4.98 Å². The van der Waals surface area contributed by atoms with Gasteiger partial charge < -0.3 is 4.42 Å². The predicted molar refractivity (Wildman–Crippen MR) is 97.3 cm³/mol. The molecule has 0 N–H and O–H groups in total. The summed E-state index contributed by atoms with van der Waals surface area (Å²) >= 11 is 6.45. The lowest BCUT2D eigenvalue weighted by atomic mass is 10.1. The number of fused-ring (bicyclic) bond motifs is 5. The molecule has 0 unspecified atom stereocenters. The summed E-state index contributed by atoms with van der Waals surface area (Å²) in [5, 5.41) is 2.37. The summed E-state index contributed by atoms with van der Waals surface area (Å²) in [4.78, 5) is 9.39. The molecule has 0 saturated heterocycles. The van der Waals surface area contributed by atoms with Crippen LogP contribution < -0.4 is 0 Å². The third-order valence-corrected chi connectivity index (χ3v) is 4.44. The van der Waals surface area contributed by atoms with E-state index >= 15 is 0 Å². The van der Waals surface area contributed by atoms with Crippen LogP contribution in [0, 0.1) is 0 Å². The highest BCUT2D eigenvalue weighted by molar-refractivity contribution is 6.32. The van der Waals surface area contributed by atoms with E-state index < -0.39 is 0 Å². The van der Waals surface area contributed by atoms with Gasteiger partial charge in [0.1, 0.15) is 22.4 Å². The maximum Gasteiger partial charge on any atom is 0.156 e. The van der Waals surface area contributed by atoms with Crippen molar-refractivity contribution >= 4 is 44.6 Å². The minimum Gasteiger partial charge on any atom is -0.456 e. The summed E-state index contributed by atoms with van der Waals surface area (Å²) in [5.41, 5.74) is 4.84. The lowest BCUT2D eigenvalue weighted by molar-refractivity contribution is 0.669. The summed E-state index contributed by atoms with van der Waals surface area (Å²) in [7, 11) is 0. The SMILES string of the molecule is Clc1nc2c(ccc3oc4ccccc4c32)nc1-c1ccccc1. The van der Waals surface area contributed by atoms with Gasteiger partial charge in [-0.25, -0.2) is 9.97 Å². The summed E-state index contributed by atoms with van der Waals surface area (Å²) in [6.45, 7) is 0. The maximum atomic E-state index is 6.45. The summed E-state index contributed by atoms with van der Waals surface area (Å²) in [5.74, 6) is 0. The van der Waals surface area contributed by atoms with Crippen LogP contribution in [0.2, 0.25) is 5.15 Å². The molecule has 2 heterocycles. The molecule has 2 aromatic heterocycles. The molecule has 4 heteroatoms. The normalized spacial score (nSPS) is 11.5. The van der Waals surface area contributed by atoms with Gasteiger partial charge in [-0.1, -0.05) is 60.1 Å². The van der Waals surface area contributed by atoms with Gasteiger partial charge in [0, 0.05) is 10.9 Å². The van der Waals surface area contributed by atoms with Crippen LogP contribution in [0.4, 0.5) is 0 Å². The number of benzene rings is 3. The highest BCUT2D eigenvalue weighted by Gasteiger charge is 2.15. The third-order valence-electron chi connectivity index (χ3n) is 4.18. The highest BCUT2D eigenvalue weighted by Crippen LogP contribution is 2.35. The molecule has 0 aliphatic heterocycles. The molecule has 0 fully saturated rings. The molecule has 3 aromatic carbocycles. The Hall–Kier alpha value is -2.91. The standard InChI is InChI=1S/C20H11ClN2O/c21-20-18(12-6-2-1-3-7-12)22-14-10-11-16-17(19(14)23-20)13-8-4-5-9-15(13)24-16/h1-11H. The maximum absolute atomic E-state index is 6.45. The Morgan fingerprint density at radius 1 is 0.750 bits per heavy atom. The van der Waals surface area contributed by atoms with E-state index in [4.69, 9.17) is 21.0 Å². The van der Waals surface area contributed by atoms with E-state index in [0.29, 0.717) is 10.8 Å². The lowest BCUT2D eigenvalue weighted by Crippen LogP contribution is -1.91. The second-order valence-electron chi connectivity index (χ2n) is 5.63. The number of furan rings is 1. The van der Waals surface area contributed by atoms with E-state index in [0.717, 1.165) is 38.5 Å². The van der Waals surface area contributed by atoms with Crippen LogP contribution in [0.1, 0.15) is 0 Å². The van der Waals surface area contributed by atoms with Gasteiger partial charge in [-0.05, 0) is 18.2 Å². The van der Waals surface area contributed by atoms with Crippen LogP contribution in [-0.4, -0.2) is 9.97 Å². The first-order chi connectivity index (χ1) is 11.8. The van der Waals surface area contributed by atoms with Gasteiger partial charge in [0.25, 0.3) is 0 Å². The largest absolute Gasteiger partial charge is 0.456 e. The zero-order chi connectivity index (χ0) is 16.1. The lowest BCUT2D eigenvalue weighted by Gasteiger charge is -2.06. The molecule has 5 aromatic rings. The van der Waals surface area contributed by atoms with Crippen molar-refractivity contribution in [3.8, 4) is 11.3 Å². The first kappa shape index (κ1) is 13.5. The number of rotatable bonds is 1. The van der Waals surface area contributed by atoms with Crippen molar-refractivity contribution in [2.24, 2.45) is 0 Å². The molecule has 0 aliphatic rings. The fourth-order valence-corrected chi connectivity index (χ4v) is 3.32. The molecule has 3 nitrogen and oxygen atoms in total. The average molecular weight is 331 g/mol. The minimum absolute atomic E-state index is 0.395. The Balaban J connectivity index is 1.89. The Morgan fingerprint density at radius 2 is 1.54 bits per heavy atom. The molecule has 24 heavy (non-hydrogen) atoms. The average Bonchev–Trinajstić information content (AvgIpc) is 3.01. The molecule has 0 atom stereocenters. The van der Waals surface area contributed by atoms with Crippen LogP contribution in [0.15, 0.2) is 71.1 Å². The summed E-state index contributed by atoms with van der Waals surface area (Å²) < 4.78 is 5.90. The van der Waals surface area contributed by atoms with Gasteiger partial charge in [0.05, 0.1) is 10.9 Å². The molecule has 0 saturated carbocycles. The molecule has 0 amide bonds. The Labute approximate surface area is 142 Å². The Morgan fingerprint density at radius 3 is 2.42 bits per heavy atom. The van der Waals surface area contributed by atoms with Crippen molar-refractivity contribution in [1.29, 1.82) is 0 Å². The van der Waals surface area contributed by atoms with Crippen LogP contribution in [0.3, 0.4) is 0 Å².